The summed E-state index contributed by atoms with van der Waals surface area (Å²) in [6.07, 6.45) is 1.97. The number of ether oxygens (including phenoxy) is 1. The van der Waals surface area contributed by atoms with E-state index >= 15 is 0 Å². The van der Waals surface area contributed by atoms with Crippen LogP contribution in [0.3, 0.4) is 0 Å². The van der Waals surface area contributed by atoms with Crippen molar-refractivity contribution in [2.45, 2.75) is 13.9 Å². The maximum absolute atomic E-state index is 13.0. The van der Waals surface area contributed by atoms with Crippen LogP contribution in [0.4, 0.5) is 0 Å². The van der Waals surface area contributed by atoms with Crippen molar-refractivity contribution in [3.63, 3.8) is 0 Å². The van der Waals surface area contributed by atoms with Crippen molar-refractivity contribution in [3.8, 4) is 0 Å². The topological polar surface area (TPSA) is 55.3 Å². The average molecular weight is 368 g/mol. The highest BCUT2D eigenvalue weighted by atomic mass is 32.2. The quantitative estimate of drug-likeness (QED) is 0.758. The van der Waals surface area contributed by atoms with Gasteiger partial charge in [0.25, 0.3) is 0 Å². The smallest absolute Gasteiger partial charge is 0.240 e. The van der Waals surface area contributed by atoms with E-state index in [1.54, 1.807) is 11.8 Å². The number of hydrogen-bond acceptors (Lipinski definition) is 7. The van der Waals surface area contributed by atoms with Crippen LogP contribution in [0, 0.1) is 0 Å². The van der Waals surface area contributed by atoms with E-state index in [1.807, 2.05) is 41.5 Å². The first kappa shape index (κ1) is 16.8. The van der Waals surface area contributed by atoms with Gasteiger partial charge in [-0.25, -0.2) is 0 Å². The second kappa shape index (κ2) is 8.14. The minimum atomic E-state index is -0.294. The number of thioether (sulfide) groups is 2. The molecular weight excluding hydrogens is 350 g/mol. The highest BCUT2D eigenvalue weighted by Gasteiger charge is 2.29. The number of aromatic nitrogens is 2. The summed E-state index contributed by atoms with van der Waals surface area (Å²) in [5.74, 6) is 0.116. The third-order valence-electron chi connectivity index (χ3n) is 3.43. The summed E-state index contributed by atoms with van der Waals surface area (Å²) in [5, 5.41) is 8.02. The van der Waals surface area contributed by atoms with Gasteiger partial charge < -0.3 is 9.64 Å². The fraction of sp³-hybridized carbons (Fsp3) is 0.400. The van der Waals surface area contributed by atoms with E-state index in [4.69, 9.17) is 4.74 Å². The Labute approximate surface area is 147 Å². The lowest BCUT2D eigenvalue weighted by Crippen LogP contribution is -2.42. The third-order valence-corrected chi connectivity index (χ3v) is 6.66. The lowest BCUT2D eigenvalue weighted by molar-refractivity contribution is -0.134. The van der Waals surface area contributed by atoms with Gasteiger partial charge in [0.1, 0.15) is 5.25 Å². The molecule has 23 heavy (non-hydrogen) atoms. The molecule has 8 heteroatoms. The highest BCUT2D eigenvalue weighted by molar-refractivity contribution is 8.03. The Hall–Kier alpha value is -1.09. The molecule has 1 amide bonds. The van der Waals surface area contributed by atoms with Crippen molar-refractivity contribution in [1.29, 1.82) is 0 Å². The van der Waals surface area contributed by atoms with Gasteiger partial charge in [0.2, 0.25) is 5.91 Å². The Morgan fingerprint density at radius 2 is 1.91 bits per heavy atom. The van der Waals surface area contributed by atoms with Gasteiger partial charge in [0, 0.05) is 13.1 Å². The Morgan fingerprint density at radius 3 is 2.57 bits per heavy atom. The molecule has 0 saturated carbocycles. The first-order valence-corrected chi connectivity index (χ1v) is 10.2. The summed E-state index contributed by atoms with van der Waals surface area (Å²) in [6.45, 7) is 2.50. The molecule has 2 aromatic rings. The van der Waals surface area contributed by atoms with E-state index in [0.717, 1.165) is 14.2 Å². The summed E-state index contributed by atoms with van der Waals surface area (Å²) in [7, 11) is 0. The average Bonchev–Trinajstić information content (AvgIpc) is 3.08. The van der Waals surface area contributed by atoms with Gasteiger partial charge in [-0.15, -0.1) is 10.2 Å². The van der Waals surface area contributed by atoms with Crippen LogP contribution in [0.25, 0.3) is 0 Å². The molecule has 1 fully saturated rings. The van der Waals surface area contributed by atoms with Crippen molar-refractivity contribution in [3.05, 3.63) is 35.9 Å². The SMILES string of the molecule is CSc1nnc(S[C@H](C(=O)N2CCOCC2)c2ccccc2)s1. The molecule has 0 spiro atoms. The van der Waals surface area contributed by atoms with Crippen molar-refractivity contribution >= 4 is 40.8 Å². The molecule has 1 aliphatic heterocycles. The molecule has 0 unspecified atom stereocenters. The van der Waals surface area contributed by atoms with E-state index in [1.165, 1.54) is 23.1 Å². The van der Waals surface area contributed by atoms with Gasteiger partial charge >= 0.3 is 0 Å². The summed E-state index contributed by atoms with van der Waals surface area (Å²) in [6, 6.07) is 9.87. The van der Waals surface area contributed by atoms with Crippen LogP contribution in [0.2, 0.25) is 0 Å². The van der Waals surface area contributed by atoms with Gasteiger partial charge in [-0.05, 0) is 11.8 Å². The Morgan fingerprint density at radius 1 is 1.22 bits per heavy atom. The summed E-state index contributed by atoms with van der Waals surface area (Å²) in [5.41, 5.74) is 0.995. The zero-order valence-corrected chi connectivity index (χ0v) is 15.1. The van der Waals surface area contributed by atoms with Crippen LogP contribution in [0.15, 0.2) is 39.0 Å². The number of benzene rings is 1. The molecule has 1 saturated heterocycles. The van der Waals surface area contributed by atoms with Gasteiger partial charge in [0.05, 0.1) is 13.2 Å². The second-order valence-electron chi connectivity index (χ2n) is 4.88. The zero-order chi connectivity index (χ0) is 16.1. The van der Waals surface area contributed by atoms with E-state index in [2.05, 4.69) is 10.2 Å². The van der Waals surface area contributed by atoms with Crippen LogP contribution >= 0.6 is 34.9 Å². The second-order valence-corrected chi connectivity index (χ2v) is 8.27. The molecule has 1 aliphatic rings. The van der Waals surface area contributed by atoms with E-state index in [9.17, 15) is 4.79 Å². The van der Waals surface area contributed by atoms with Gasteiger partial charge in [-0.2, -0.15) is 0 Å². The molecule has 5 nitrogen and oxygen atoms in total. The third kappa shape index (κ3) is 4.26. The minimum Gasteiger partial charge on any atom is -0.378 e. The van der Waals surface area contributed by atoms with E-state index in [-0.39, 0.29) is 11.2 Å². The van der Waals surface area contributed by atoms with Crippen LogP contribution in [-0.2, 0) is 9.53 Å². The first-order valence-electron chi connectivity index (χ1n) is 7.23. The van der Waals surface area contributed by atoms with Crippen LogP contribution in [-0.4, -0.2) is 53.6 Å². The standard InChI is InChI=1S/C15H17N3O2S3/c1-21-14-16-17-15(23-14)22-12(11-5-3-2-4-6-11)13(19)18-7-9-20-10-8-18/h2-6,12H,7-10H2,1H3/t12-/m0/s1. The lowest BCUT2D eigenvalue weighted by atomic mass is 10.1. The normalized spacial score (nSPS) is 16.3. The van der Waals surface area contributed by atoms with Crippen molar-refractivity contribution in [2.75, 3.05) is 32.6 Å². The number of morpholine rings is 1. The minimum absolute atomic E-state index is 0.116. The molecule has 0 bridgehead atoms. The number of amides is 1. The summed E-state index contributed by atoms with van der Waals surface area (Å²) in [4.78, 5) is 14.9. The molecule has 122 valence electrons. The van der Waals surface area contributed by atoms with Crippen molar-refractivity contribution in [2.24, 2.45) is 0 Å². The largest absolute Gasteiger partial charge is 0.378 e. The lowest BCUT2D eigenvalue weighted by Gasteiger charge is -2.30. The number of carbonyl (C=O) groups is 1. The molecular formula is C15H17N3O2S3. The highest BCUT2D eigenvalue weighted by Crippen LogP contribution is 2.39. The fourth-order valence-corrected chi connectivity index (χ4v) is 4.98. The first-order chi connectivity index (χ1) is 11.3. The number of hydrogen-bond donors (Lipinski definition) is 0. The summed E-state index contributed by atoms with van der Waals surface area (Å²) < 4.78 is 7.09. The Balaban J connectivity index is 1.82. The molecule has 1 aromatic heterocycles. The Bertz CT molecular complexity index is 644. The molecule has 0 radical (unpaired) electrons. The predicted octanol–water partition coefficient (Wildman–Crippen LogP) is 2.95. The van der Waals surface area contributed by atoms with Gasteiger partial charge in [-0.1, -0.05) is 65.2 Å². The number of nitrogens with zero attached hydrogens (tertiary/aromatic N) is 3. The van der Waals surface area contributed by atoms with E-state index in [0.29, 0.717) is 26.3 Å². The maximum atomic E-state index is 13.0. The van der Waals surface area contributed by atoms with Gasteiger partial charge in [0.15, 0.2) is 8.68 Å². The summed E-state index contributed by atoms with van der Waals surface area (Å²) >= 11 is 4.58. The molecule has 0 N–H and O–H groups in total. The molecule has 2 heterocycles. The molecule has 1 aromatic carbocycles. The van der Waals surface area contributed by atoms with Crippen LogP contribution < -0.4 is 0 Å². The Kier molecular flexibility index (Phi) is 5.93. The number of rotatable bonds is 5. The monoisotopic (exact) mass is 367 g/mol. The van der Waals surface area contributed by atoms with Crippen molar-refractivity contribution < 1.29 is 9.53 Å². The van der Waals surface area contributed by atoms with Gasteiger partial charge in [-0.3, -0.25) is 4.79 Å². The molecule has 1 atom stereocenters. The fourth-order valence-electron chi connectivity index (χ4n) is 2.27. The zero-order valence-electron chi connectivity index (χ0n) is 12.7. The molecule has 0 aliphatic carbocycles. The predicted molar refractivity (Wildman–Crippen MR) is 94.1 cm³/mol. The van der Waals surface area contributed by atoms with Crippen LogP contribution in [0.5, 0.6) is 0 Å². The maximum Gasteiger partial charge on any atom is 0.240 e. The number of carbonyl (C=O) groups excluding carboxylic acids is 1. The van der Waals surface area contributed by atoms with Crippen LogP contribution in [0.1, 0.15) is 10.8 Å². The van der Waals surface area contributed by atoms with Crippen molar-refractivity contribution in [1.82, 2.24) is 15.1 Å². The van der Waals surface area contributed by atoms with E-state index < -0.39 is 0 Å². The molecule has 3 rings (SSSR count).